The summed E-state index contributed by atoms with van der Waals surface area (Å²) in [5, 5.41) is 12.6. The Balaban J connectivity index is 2.32. The monoisotopic (exact) mass is 304 g/mol. The molecule has 0 saturated carbocycles. The van der Waals surface area contributed by atoms with E-state index in [0.717, 1.165) is 5.69 Å². The van der Waals surface area contributed by atoms with Gasteiger partial charge in [0.05, 0.1) is 5.69 Å². The first-order valence-corrected chi connectivity index (χ1v) is 6.92. The molecular formula is C16H17ClN2O2. The molecule has 1 aromatic heterocycles. The topological polar surface area (TPSA) is 62.2 Å². The molecule has 0 spiro atoms. The van der Waals surface area contributed by atoms with Gasteiger partial charge in [-0.1, -0.05) is 44.5 Å². The minimum Gasteiger partial charge on any atom is -0.506 e. The van der Waals surface area contributed by atoms with E-state index in [1.54, 1.807) is 24.3 Å². The Kier molecular flexibility index (Phi) is 4.19. The standard InChI is InChI=1S/C16H17ClN2O2/c1-16(2,3)13-8-10(9-14(17)19-13)15(21)18-11-6-4-5-7-12(11)20/h4-9,20H,1-3H3,(H,18,21). The molecule has 1 heterocycles. The van der Waals surface area contributed by atoms with Crippen molar-refractivity contribution < 1.29 is 9.90 Å². The summed E-state index contributed by atoms with van der Waals surface area (Å²) in [5.41, 5.74) is 1.28. The van der Waals surface area contributed by atoms with E-state index in [2.05, 4.69) is 10.3 Å². The molecule has 1 aromatic carbocycles. The fraction of sp³-hybridized carbons (Fsp3) is 0.250. The Morgan fingerprint density at radius 3 is 2.52 bits per heavy atom. The lowest BCUT2D eigenvalue weighted by molar-refractivity contribution is 0.102. The summed E-state index contributed by atoms with van der Waals surface area (Å²) >= 11 is 5.99. The van der Waals surface area contributed by atoms with Gasteiger partial charge in [0.15, 0.2) is 0 Å². The minimum absolute atomic E-state index is 0.0158. The normalized spacial score (nSPS) is 11.2. The number of aromatic nitrogens is 1. The van der Waals surface area contributed by atoms with Gasteiger partial charge in [0.1, 0.15) is 10.9 Å². The van der Waals surface area contributed by atoms with Gasteiger partial charge >= 0.3 is 0 Å². The first-order chi connectivity index (χ1) is 9.77. The number of hydrogen-bond acceptors (Lipinski definition) is 3. The maximum Gasteiger partial charge on any atom is 0.255 e. The van der Waals surface area contributed by atoms with Gasteiger partial charge in [-0.05, 0) is 24.3 Å². The summed E-state index contributed by atoms with van der Waals surface area (Å²) in [6, 6.07) is 9.77. The van der Waals surface area contributed by atoms with E-state index in [-0.39, 0.29) is 22.2 Å². The number of amides is 1. The summed E-state index contributed by atoms with van der Waals surface area (Å²) in [4.78, 5) is 16.5. The molecule has 2 N–H and O–H groups in total. The largest absolute Gasteiger partial charge is 0.506 e. The van der Waals surface area contributed by atoms with Crippen molar-refractivity contribution >= 4 is 23.2 Å². The highest BCUT2D eigenvalue weighted by Crippen LogP contribution is 2.25. The molecule has 1 amide bonds. The average molecular weight is 305 g/mol. The Labute approximate surface area is 128 Å². The number of nitrogens with one attached hydrogen (secondary N) is 1. The summed E-state index contributed by atoms with van der Waals surface area (Å²) in [5.74, 6) is -0.326. The predicted molar refractivity (Wildman–Crippen MR) is 84.0 cm³/mol. The number of benzene rings is 1. The summed E-state index contributed by atoms with van der Waals surface area (Å²) in [6.07, 6.45) is 0. The van der Waals surface area contributed by atoms with E-state index in [1.165, 1.54) is 12.1 Å². The van der Waals surface area contributed by atoms with Crippen molar-refractivity contribution in [3.05, 3.63) is 52.8 Å². The summed E-state index contributed by atoms with van der Waals surface area (Å²) < 4.78 is 0. The number of pyridine rings is 1. The van der Waals surface area contributed by atoms with Crippen LogP contribution in [0.25, 0.3) is 0 Å². The molecule has 21 heavy (non-hydrogen) atoms. The number of hydrogen-bond donors (Lipinski definition) is 2. The van der Waals surface area contributed by atoms with Crippen LogP contribution in [0, 0.1) is 0 Å². The van der Waals surface area contributed by atoms with Gasteiger partial charge in [0.2, 0.25) is 0 Å². The van der Waals surface area contributed by atoms with Gasteiger partial charge in [-0.2, -0.15) is 0 Å². The van der Waals surface area contributed by atoms with Crippen LogP contribution >= 0.6 is 11.6 Å². The van der Waals surface area contributed by atoms with Crippen molar-refractivity contribution in [1.29, 1.82) is 0 Å². The molecule has 0 aliphatic heterocycles. The Bertz CT molecular complexity index is 678. The highest BCUT2D eigenvalue weighted by Gasteiger charge is 2.19. The van der Waals surface area contributed by atoms with Crippen LogP contribution in [0.2, 0.25) is 5.15 Å². The lowest BCUT2D eigenvalue weighted by atomic mass is 9.91. The molecule has 0 bridgehead atoms. The van der Waals surface area contributed by atoms with Crippen molar-refractivity contribution in [3.63, 3.8) is 0 Å². The van der Waals surface area contributed by atoms with Crippen molar-refractivity contribution in [2.45, 2.75) is 26.2 Å². The molecule has 4 nitrogen and oxygen atoms in total. The van der Waals surface area contributed by atoms with Crippen molar-refractivity contribution in [1.82, 2.24) is 4.98 Å². The Morgan fingerprint density at radius 2 is 1.90 bits per heavy atom. The maximum atomic E-state index is 12.3. The molecule has 0 atom stereocenters. The first kappa shape index (κ1) is 15.3. The molecule has 0 aliphatic carbocycles. The lowest BCUT2D eigenvalue weighted by Gasteiger charge is -2.18. The first-order valence-electron chi connectivity index (χ1n) is 6.55. The number of halogens is 1. The highest BCUT2D eigenvalue weighted by molar-refractivity contribution is 6.29. The van der Waals surface area contributed by atoms with Gasteiger partial charge in [0, 0.05) is 16.7 Å². The number of rotatable bonds is 2. The van der Waals surface area contributed by atoms with Gasteiger partial charge in [-0.15, -0.1) is 0 Å². The van der Waals surface area contributed by atoms with Gasteiger partial charge in [-0.25, -0.2) is 4.98 Å². The third kappa shape index (κ3) is 3.73. The van der Waals surface area contributed by atoms with Crippen molar-refractivity contribution in [2.75, 3.05) is 5.32 Å². The second kappa shape index (κ2) is 5.74. The number of aromatic hydroxyl groups is 1. The number of anilines is 1. The number of para-hydroxylation sites is 2. The molecule has 2 rings (SSSR count). The molecule has 0 unspecified atom stereocenters. The number of nitrogens with zero attached hydrogens (tertiary/aromatic N) is 1. The minimum atomic E-state index is -0.341. The number of phenols is 1. The summed E-state index contributed by atoms with van der Waals surface area (Å²) in [6.45, 7) is 5.99. The Hall–Kier alpha value is -2.07. The van der Waals surface area contributed by atoms with Crippen LogP contribution in [-0.2, 0) is 5.41 Å². The highest BCUT2D eigenvalue weighted by atomic mass is 35.5. The fourth-order valence-corrected chi connectivity index (χ4v) is 1.99. The maximum absolute atomic E-state index is 12.3. The van der Waals surface area contributed by atoms with Crippen LogP contribution in [0.3, 0.4) is 0 Å². The summed E-state index contributed by atoms with van der Waals surface area (Å²) in [7, 11) is 0. The molecule has 0 radical (unpaired) electrons. The molecular weight excluding hydrogens is 288 g/mol. The zero-order chi connectivity index (χ0) is 15.6. The quantitative estimate of drug-likeness (QED) is 0.651. The third-order valence-corrected chi connectivity index (χ3v) is 3.17. The van der Waals surface area contributed by atoms with Crippen molar-refractivity contribution in [2.24, 2.45) is 0 Å². The number of carbonyl (C=O) groups is 1. The fourth-order valence-electron chi connectivity index (χ4n) is 1.79. The van der Waals surface area contributed by atoms with E-state index >= 15 is 0 Å². The second-order valence-electron chi connectivity index (χ2n) is 5.79. The molecule has 2 aromatic rings. The number of carbonyl (C=O) groups excluding carboxylic acids is 1. The van der Waals surface area contributed by atoms with Gasteiger partial charge < -0.3 is 10.4 Å². The zero-order valence-electron chi connectivity index (χ0n) is 12.1. The van der Waals surface area contributed by atoms with E-state index in [4.69, 9.17) is 11.6 Å². The SMILES string of the molecule is CC(C)(C)c1cc(C(=O)Nc2ccccc2O)cc(Cl)n1. The second-order valence-corrected chi connectivity index (χ2v) is 6.17. The third-order valence-electron chi connectivity index (χ3n) is 2.98. The number of phenolic OH excluding ortho intramolecular Hbond substituents is 1. The van der Waals surface area contributed by atoms with E-state index in [0.29, 0.717) is 11.3 Å². The molecule has 5 heteroatoms. The molecule has 0 fully saturated rings. The van der Waals surface area contributed by atoms with Crippen LogP contribution in [0.15, 0.2) is 36.4 Å². The average Bonchev–Trinajstić information content (AvgIpc) is 2.39. The predicted octanol–water partition coefficient (Wildman–Crippen LogP) is 3.99. The molecule has 110 valence electrons. The van der Waals surface area contributed by atoms with Crippen LogP contribution < -0.4 is 5.32 Å². The smallest absolute Gasteiger partial charge is 0.255 e. The van der Waals surface area contributed by atoms with Gasteiger partial charge in [-0.3, -0.25) is 4.79 Å². The van der Waals surface area contributed by atoms with Crippen LogP contribution in [0.1, 0.15) is 36.8 Å². The zero-order valence-corrected chi connectivity index (χ0v) is 12.9. The van der Waals surface area contributed by atoms with Crippen LogP contribution in [0.5, 0.6) is 5.75 Å². The van der Waals surface area contributed by atoms with Crippen LogP contribution in [0.4, 0.5) is 5.69 Å². The van der Waals surface area contributed by atoms with Crippen molar-refractivity contribution in [3.8, 4) is 5.75 Å². The van der Waals surface area contributed by atoms with E-state index in [1.807, 2.05) is 20.8 Å². The van der Waals surface area contributed by atoms with E-state index in [9.17, 15) is 9.90 Å². The van der Waals surface area contributed by atoms with E-state index < -0.39 is 0 Å². The molecule has 0 saturated heterocycles. The lowest BCUT2D eigenvalue weighted by Crippen LogP contribution is -2.17. The van der Waals surface area contributed by atoms with Gasteiger partial charge in [0.25, 0.3) is 5.91 Å². The Morgan fingerprint density at radius 1 is 1.24 bits per heavy atom. The molecule has 0 aliphatic rings. The van der Waals surface area contributed by atoms with Crippen LogP contribution in [-0.4, -0.2) is 16.0 Å².